The highest BCUT2D eigenvalue weighted by molar-refractivity contribution is 5.17. The molecule has 1 unspecified atom stereocenters. The van der Waals surface area contributed by atoms with Crippen molar-refractivity contribution in [1.82, 2.24) is 4.98 Å². The lowest BCUT2D eigenvalue weighted by Crippen LogP contribution is -2.08. The van der Waals surface area contributed by atoms with Gasteiger partial charge < -0.3 is 4.74 Å². The first-order valence-electron chi connectivity index (χ1n) is 4.96. The van der Waals surface area contributed by atoms with Crippen LogP contribution in [0.5, 0.6) is 5.75 Å². The first kappa shape index (κ1) is 11.0. The molecule has 0 bridgehead atoms. The van der Waals surface area contributed by atoms with Crippen molar-refractivity contribution in [2.24, 2.45) is 5.92 Å². The van der Waals surface area contributed by atoms with Crippen LogP contribution in [0.3, 0.4) is 0 Å². The molecule has 0 aromatic carbocycles. The van der Waals surface area contributed by atoms with Crippen LogP contribution in [0.2, 0.25) is 0 Å². The minimum absolute atomic E-state index is 0.495. The molecular weight excluding hydrogens is 181 g/mol. The van der Waals surface area contributed by atoms with Gasteiger partial charge in [0.25, 0.3) is 0 Å². The van der Waals surface area contributed by atoms with Crippen LogP contribution in [-0.2, 0) is 0 Å². The number of halogens is 1. The van der Waals surface area contributed by atoms with E-state index in [9.17, 15) is 4.39 Å². The van der Waals surface area contributed by atoms with E-state index in [1.54, 1.807) is 6.07 Å². The van der Waals surface area contributed by atoms with Crippen molar-refractivity contribution in [3.8, 4) is 5.75 Å². The van der Waals surface area contributed by atoms with Gasteiger partial charge in [0, 0.05) is 12.3 Å². The summed E-state index contributed by atoms with van der Waals surface area (Å²) in [6.45, 7) is 4.90. The second-order valence-electron chi connectivity index (χ2n) is 3.52. The molecule has 0 aliphatic carbocycles. The third-order valence-electron chi connectivity index (χ3n) is 2.01. The molecule has 0 N–H and O–H groups in total. The number of hydrogen-bond acceptors (Lipinski definition) is 2. The fourth-order valence-electron chi connectivity index (χ4n) is 1.29. The molecule has 1 aromatic rings. The first-order valence-corrected chi connectivity index (χ1v) is 4.96. The van der Waals surface area contributed by atoms with Gasteiger partial charge in [-0.2, -0.15) is 4.39 Å². The van der Waals surface area contributed by atoms with E-state index in [1.165, 1.54) is 12.3 Å². The Morgan fingerprint density at radius 3 is 3.00 bits per heavy atom. The highest BCUT2D eigenvalue weighted by Crippen LogP contribution is 2.12. The third-order valence-corrected chi connectivity index (χ3v) is 2.01. The number of pyridine rings is 1. The van der Waals surface area contributed by atoms with E-state index >= 15 is 0 Å². The van der Waals surface area contributed by atoms with Crippen LogP contribution in [0.15, 0.2) is 18.3 Å². The third kappa shape index (κ3) is 3.73. The molecule has 2 nitrogen and oxygen atoms in total. The Kier molecular flexibility index (Phi) is 4.36. The van der Waals surface area contributed by atoms with Gasteiger partial charge in [-0.1, -0.05) is 20.3 Å². The Labute approximate surface area is 84.1 Å². The van der Waals surface area contributed by atoms with Crippen molar-refractivity contribution in [2.45, 2.75) is 26.7 Å². The van der Waals surface area contributed by atoms with Gasteiger partial charge in [-0.15, -0.1) is 0 Å². The van der Waals surface area contributed by atoms with Crippen molar-refractivity contribution in [3.05, 3.63) is 24.3 Å². The average Bonchev–Trinajstić information content (AvgIpc) is 2.15. The summed E-state index contributed by atoms with van der Waals surface area (Å²) in [4.78, 5) is 3.46. The molecule has 1 aromatic heterocycles. The maximum absolute atomic E-state index is 12.6. The van der Waals surface area contributed by atoms with E-state index in [4.69, 9.17) is 4.74 Å². The molecule has 0 aliphatic heterocycles. The molecule has 0 fully saturated rings. The Hall–Kier alpha value is -1.12. The van der Waals surface area contributed by atoms with E-state index in [-0.39, 0.29) is 0 Å². The van der Waals surface area contributed by atoms with Gasteiger partial charge in [-0.05, 0) is 18.4 Å². The van der Waals surface area contributed by atoms with Gasteiger partial charge in [-0.25, -0.2) is 4.98 Å². The summed E-state index contributed by atoms with van der Waals surface area (Å²) in [5.41, 5.74) is 0. The summed E-state index contributed by atoms with van der Waals surface area (Å²) in [6, 6.07) is 2.97. The minimum Gasteiger partial charge on any atom is -0.493 e. The van der Waals surface area contributed by atoms with Gasteiger partial charge in [0.1, 0.15) is 5.75 Å². The monoisotopic (exact) mass is 197 g/mol. The van der Waals surface area contributed by atoms with Crippen molar-refractivity contribution in [2.75, 3.05) is 6.61 Å². The Morgan fingerprint density at radius 1 is 1.57 bits per heavy atom. The first-order chi connectivity index (χ1) is 6.72. The lowest BCUT2D eigenvalue weighted by Gasteiger charge is -2.11. The second kappa shape index (κ2) is 5.58. The van der Waals surface area contributed by atoms with E-state index in [1.807, 2.05) is 0 Å². The molecule has 0 spiro atoms. The molecule has 0 radical (unpaired) electrons. The topological polar surface area (TPSA) is 22.1 Å². The van der Waals surface area contributed by atoms with Gasteiger partial charge >= 0.3 is 0 Å². The maximum atomic E-state index is 12.6. The zero-order valence-electron chi connectivity index (χ0n) is 8.66. The molecule has 0 saturated carbocycles. The molecule has 0 saturated heterocycles. The highest BCUT2D eigenvalue weighted by Gasteiger charge is 2.02. The summed E-state index contributed by atoms with van der Waals surface area (Å²) in [6.07, 6.45) is 3.69. The SMILES string of the molecule is CCCC(C)COc1ccnc(F)c1. The second-order valence-corrected chi connectivity index (χ2v) is 3.52. The fraction of sp³-hybridized carbons (Fsp3) is 0.545. The molecule has 78 valence electrons. The predicted molar refractivity (Wildman–Crippen MR) is 53.8 cm³/mol. The fourth-order valence-corrected chi connectivity index (χ4v) is 1.29. The Morgan fingerprint density at radius 2 is 2.36 bits per heavy atom. The van der Waals surface area contributed by atoms with E-state index in [0.29, 0.717) is 18.3 Å². The van der Waals surface area contributed by atoms with Crippen molar-refractivity contribution in [1.29, 1.82) is 0 Å². The zero-order valence-corrected chi connectivity index (χ0v) is 8.66. The molecule has 1 rings (SSSR count). The molecule has 3 heteroatoms. The lowest BCUT2D eigenvalue weighted by molar-refractivity contribution is 0.250. The molecule has 0 amide bonds. The minimum atomic E-state index is -0.495. The van der Waals surface area contributed by atoms with E-state index in [2.05, 4.69) is 18.8 Å². The summed E-state index contributed by atoms with van der Waals surface area (Å²) in [7, 11) is 0. The largest absolute Gasteiger partial charge is 0.493 e. The molecular formula is C11H16FNO. The summed E-state index contributed by atoms with van der Waals surface area (Å²) in [5, 5.41) is 0. The normalized spacial score (nSPS) is 12.5. The smallest absolute Gasteiger partial charge is 0.216 e. The van der Waals surface area contributed by atoms with E-state index in [0.717, 1.165) is 12.8 Å². The number of ether oxygens (including phenoxy) is 1. The van der Waals surface area contributed by atoms with Gasteiger partial charge in [0.2, 0.25) is 5.95 Å². The van der Waals surface area contributed by atoms with Crippen LogP contribution in [0, 0.1) is 11.9 Å². The van der Waals surface area contributed by atoms with Gasteiger partial charge in [0.15, 0.2) is 0 Å². The van der Waals surface area contributed by atoms with Crippen molar-refractivity contribution >= 4 is 0 Å². The quantitative estimate of drug-likeness (QED) is 0.677. The Bertz CT molecular complexity index is 278. The van der Waals surface area contributed by atoms with Crippen molar-refractivity contribution in [3.63, 3.8) is 0 Å². The van der Waals surface area contributed by atoms with E-state index < -0.39 is 5.95 Å². The van der Waals surface area contributed by atoms with Crippen LogP contribution in [0.25, 0.3) is 0 Å². The van der Waals surface area contributed by atoms with Crippen LogP contribution in [0.4, 0.5) is 4.39 Å². The molecule has 0 aliphatic rings. The summed E-state index contributed by atoms with van der Waals surface area (Å²) >= 11 is 0. The van der Waals surface area contributed by atoms with Crippen LogP contribution < -0.4 is 4.74 Å². The Balaban J connectivity index is 2.37. The number of hydrogen-bond donors (Lipinski definition) is 0. The summed E-state index contributed by atoms with van der Waals surface area (Å²) < 4.78 is 18.1. The maximum Gasteiger partial charge on any atom is 0.216 e. The predicted octanol–water partition coefficient (Wildman–Crippen LogP) is 3.04. The standard InChI is InChI=1S/C11H16FNO/c1-3-4-9(2)8-14-10-5-6-13-11(12)7-10/h5-7,9H,3-4,8H2,1-2H3. The highest BCUT2D eigenvalue weighted by atomic mass is 19.1. The number of nitrogens with zero attached hydrogens (tertiary/aromatic N) is 1. The lowest BCUT2D eigenvalue weighted by atomic mass is 10.1. The number of aromatic nitrogens is 1. The zero-order chi connectivity index (χ0) is 10.4. The molecule has 1 atom stereocenters. The average molecular weight is 197 g/mol. The van der Waals surface area contributed by atoms with Gasteiger partial charge in [-0.3, -0.25) is 0 Å². The summed E-state index contributed by atoms with van der Waals surface area (Å²) in [5.74, 6) is 0.572. The van der Waals surface area contributed by atoms with Crippen LogP contribution in [0.1, 0.15) is 26.7 Å². The van der Waals surface area contributed by atoms with Crippen LogP contribution >= 0.6 is 0 Å². The number of rotatable bonds is 5. The van der Waals surface area contributed by atoms with Crippen molar-refractivity contribution < 1.29 is 9.13 Å². The van der Waals surface area contributed by atoms with Crippen LogP contribution in [-0.4, -0.2) is 11.6 Å². The molecule has 1 heterocycles. The molecule has 14 heavy (non-hydrogen) atoms. The van der Waals surface area contributed by atoms with Gasteiger partial charge in [0.05, 0.1) is 6.61 Å².